The Kier molecular flexibility index (Phi) is 4.80. The summed E-state index contributed by atoms with van der Waals surface area (Å²) in [5.41, 5.74) is 0. The Labute approximate surface area is 97.3 Å². The first kappa shape index (κ1) is 13.0. The first-order valence-corrected chi connectivity index (χ1v) is 6.53. The molecule has 0 bridgehead atoms. The highest BCUT2D eigenvalue weighted by Crippen LogP contribution is 2.11. The fourth-order valence-corrected chi connectivity index (χ4v) is 2.38. The number of hydrogen-bond acceptors (Lipinski definition) is 2. The maximum atomic E-state index is 12.9. The molecule has 0 heterocycles. The molecular weight excluding hydrogens is 227 g/mol. The Balaban J connectivity index is 2.69. The number of carbonyl (C=O) groups is 1. The van der Waals surface area contributed by atoms with Crippen molar-refractivity contribution in [2.75, 3.05) is 5.75 Å². The van der Waals surface area contributed by atoms with E-state index in [0.29, 0.717) is 4.90 Å². The highest BCUT2D eigenvalue weighted by molar-refractivity contribution is 7.85. The van der Waals surface area contributed by atoms with Crippen LogP contribution in [0.15, 0.2) is 29.2 Å². The molecule has 0 saturated heterocycles. The van der Waals surface area contributed by atoms with Crippen LogP contribution in [-0.4, -0.2) is 15.7 Å². The largest absolute Gasteiger partial charge is 0.298 e. The molecule has 2 nitrogen and oxygen atoms in total. The van der Waals surface area contributed by atoms with E-state index in [1.165, 1.54) is 18.2 Å². The second-order valence-corrected chi connectivity index (χ2v) is 5.17. The molecule has 0 amide bonds. The Hall–Kier alpha value is -1.03. The van der Waals surface area contributed by atoms with Crippen LogP contribution in [0.2, 0.25) is 0 Å². The average Bonchev–Trinajstić information content (AvgIpc) is 2.27. The molecule has 2 atom stereocenters. The maximum Gasteiger partial charge on any atom is 0.148 e. The monoisotopic (exact) mass is 242 g/mol. The average molecular weight is 242 g/mol. The van der Waals surface area contributed by atoms with Gasteiger partial charge in [-0.3, -0.25) is 9.00 Å². The normalized spacial score (nSPS) is 14.4. The molecule has 88 valence electrons. The quantitative estimate of drug-likeness (QED) is 0.795. The highest BCUT2D eigenvalue weighted by Gasteiger charge is 2.15. The Morgan fingerprint density at radius 3 is 2.75 bits per heavy atom. The SMILES string of the molecule is CCC(C)C(=O)CS(=O)c1cccc(F)c1. The van der Waals surface area contributed by atoms with Crippen LogP contribution in [-0.2, 0) is 15.6 Å². The number of rotatable bonds is 5. The van der Waals surface area contributed by atoms with E-state index in [9.17, 15) is 13.4 Å². The van der Waals surface area contributed by atoms with Gasteiger partial charge in [-0.2, -0.15) is 0 Å². The van der Waals surface area contributed by atoms with E-state index in [4.69, 9.17) is 0 Å². The van der Waals surface area contributed by atoms with Gasteiger partial charge in [0.1, 0.15) is 11.6 Å². The van der Waals surface area contributed by atoms with Gasteiger partial charge in [-0.15, -0.1) is 0 Å². The molecule has 0 aliphatic rings. The number of benzene rings is 1. The molecule has 0 aliphatic carbocycles. The number of Topliss-reactive ketones (excluding diaryl/α,β-unsaturated/α-hetero) is 1. The fourth-order valence-electron chi connectivity index (χ4n) is 1.19. The predicted octanol–water partition coefficient (Wildman–Crippen LogP) is 2.55. The van der Waals surface area contributed by atoms with Crippen molar-refractivity contribution in [2.24, 2.45) is 5.92 Å². The van der Waals surface area contributed by atoms with Gasteiger partial charge in [0.2, 0.25) is 0 Å². The number of hydrogen-bond donors (Lipinski definition) is 0. The molecule has 1 aromatic rings. The van der Waals surface area contributed by atoms with Gasteiger partial charge in [0, 0.05) is 10.8 Å². The van der Waals surface area contributed by atoms with Crippen molar-refractivity contribution in [1.82, 2.24) is 0 Å². The molecule has 0 aliphatic heterocycles. The zero-order chi connectivity index (χ0) is 12.1. The second kappa shape index (κ2) is 5.89. The van der Waals surface area contributed by atoms with Gasteiger partial charge in [0.15, 0.2) is 0 Å². The van der Waals surface area contributed by atoms with Gasteiger partial charge in [-0.1, -0.05) is 19.9 Å². The molecule has 1 aromatic carbocycles. The van der Waals surface area contributed by atoms with Crippen LogP contribution in [0.4, 0.5) is 4.39 Å². The molecule has 0 aromatic heterocycles. The van der Waals surface area contributed by atoms with Crippen molar-refractivity contribution in [3.05, 3.63) is 30.1 Å². The van der Waals surface area contributed by atoms with Crippen molar-refractivity contribution in [2.45, 2.75) is 25.2 Å². The molecule has 2 unspecified atom stereocenters. The zero-order valence-electron chi connectivity index (χ0n) is 9.40. The summed E-state index contributed by atoms with van der Waals surface area (Å²) < 4.78 is 24.6. The van der Waals surface area contributed by atoms with Crippen molar-refractivity contribution in [3.63, 3.8) is 0 Å². The van der Waals surface area contributed by atoms with E-state index in [1.54, 1.807) is 6.07 Å². The summed E-state index contributed by atoms with van der Waals surface area (Å²) in [6.45, 7) is 3.72. The predicted molar refractivity (Wildman–Crippen MR) is 62.1 cm³/mol. The molecular formula is C12H15FO2S. The lowest BCUT2D eigenvalue weighted by molar-refractivity contribution is -0.119. The van der Waals surface area contributed by atoms with Crippen molar-refractivity contribution in [1.29, 1.82) is 0 Å². The molecule has 1 rings (SSSR count). The molecule has 0 N–H and O–H groups in total. The lowest BCUT2D eigenvalue weighted by Gasteiger charge is -2.07. The fraction of sp³-hybridized carbons (Fsp3) is 0.417. The Morgan fingerprint density at radius 2 is 2.19 bits per heavy atom. The van der Waals surface area contributed by atoms with Gasteiger partial charge in [0.25, 0.3) is 0 Å². The van der Waals surface area contributed by atoms with E-state index in [-0.39, 0.29) is 17.5 Å². The minimum absolute atomic E-state index is 0.0293. The van der Waals surface area contributed by atoms with Crippen molar-refractivity contribution in [3.8, 4) is 0 Å². The molecule has 0 fully saturated rings. The van der Waals surface area contributed by atoms with Gasteiger partial charge < -0.3 is 0 Å². The van der Waals surface area contributed by atoms with Crippen LogP contribution in [0.3, 0.4) is 0 Å². The van der Waals surface area contributed by atoms with Gasteiger partial charge in [-0.25, -0.2) is 4.39 Å². The molecule has 0 radical (unpaired) electrons. The lowest BCUT2D eigenvalue weighted by Crippen LogP contribution is -2.18. The summed E-state index contributed by atoms with van der Waals surface area (Å²) in [4.78, 5) is 11.9. The lowest BCUT2D eigenvalue weighted by atomic mass is 10.1. The third-order valence-corrected chi connectivity index (χ3v) is 3.82. The van der Waals surface area contributed by atoms with Gasteiger partial charge in [-0.05, 0) is 24.6 Å². The van der Waals surface area contributed by atoms with Crippen molar-refractivity contribution < 1.29 is 13.4 Å². The van der Waals surface area contributed by atoms with E-state index in [1.807, 2.05) is 13.8 Å². The van der Waals surface area contributed by atoms with Crippen LogP contribution in [0, 0.1) is 11.7 Å². The van der Waals surface area contributed by atoms with Crippen LogP contribution in [0.1, 0.15) is 20.3 Å². The number of halogens is 1. The van der Waals surface area contributed by atoms with E-state index in [0.717, 1.165) is 6.42 Å². The third-order valence-electron chi connectivity index (χ3n) is 2.49. The Morgan fingerprint density at radius 1 is 1.50 bits per heavy atom. The molecule has 0 spiro atoms. The molecule has 0 saturated carbocycles. The summed E-state index contributed by atoms with van der Waals surface area (Å²) >= 11 is 0. The topological polar surface area (TPSA) is 34.1 Å². The first-order valence-electron chi connectivity index (χ1n) is 5.21. The summed E-state index contributed by atoms with van der Waals surface area (Å²) in [5.74, 6) is -0.581. The summed E-state index contributed by atoms with van der Waals surface area (Å²) in [5, 5.41) is 0. The number of carbonyl (C=O) groups excluding carboxylic acids is 1. The van der Waals surface area contributed by atoms with Crippen LogP contribution in [0.5, 0.6) is 0 Å². The Bertz CT molecular complexity index is 404. The van der Waals surface area contributed by atoms with Crippen LogP contribution in [0.25, 0.3) is 0 Å². The van der Waals surface area contributed by atoms with Gasteiger partial charge >= 0.3 is 0 Å². The molecule has 16 heavy (non-hydrogen) atoms. The summed E-state index contributed by atoms with van der Waals surface area (Å²) in [6.07, 6.45) is 0.735. The second-order valence-electron chi connectivity index (χ2n) is 3.72. The van der Waals surface area contributed by atoms with E-state index in [2.05, 4.69) is 0 Å². The van der Waals surface area contributed by atoms with E-state index >= 15 is 0 Å². The third kappa shape index (κ3) is 3.52. The smallest absolute Gasteiger partial charge is 0.148 e. The zero-order valence-corrected chi connectivity index (χ0v) is 10.2. The first-order chi connectivity index (χ1) is 7.54. The summed E-state index contributed by atoms with van der Waals surface area (Å²) in [6, 6.07) is 5.57. The molecule has 4 heteroatoms. The minimum Gasteiger partial charge on any atom is -0.298 e. The van der Waals surface area contributed by atoms with Crippen molar-refractivity contribution >= 4 is 16.6 Å². The standard InChI is InChI=1S/C12H15FO2S/c1-3-9(2)12(14)8-16(15)11-6-4-5-10(13)7-11/h4-7,9H,3,8H2,1-2H3. The van der Waals surface area contributed by atoms with Crippen LogP contribution < -0.4 is 0 Å². The van der Waals surface area contributed by atoms with Crippen LogP contribution >= 0.6 is 0 Å². The maximum absolute atomic E-state index is 12.9. The minimum atomic E-state index is -1.44. The summed E-state index contributed by atoms with van der Waals surface area (Å²) in [7, 11) is -1.44. The van der Waals surface area contributed by atoms with Gasteiger partial charge in [0.05, 0.1) is 16.6 Å². The number of ketones is 1. The van der Waals surface area contributed by atoms with E-state index < -0.39 is 16.6 Å². The highest BCUT2D eigenvalue weighted by atomic mass is 32.2.